The van der Waals surface area contributed by atoms with Crippen LogP contribution < -0.4 is 5.32 Å². The third-order valence-electron chi connectivity index (χ3n) is 3.32. The first-order valence-electron chi connectivity index (χ1n) is 8.28. The van der Waals surface area contributed by atoms with Crippen molar-refractivity contribution in [1.29, 1.82) is 0 Å². The van der Waals surface area contributed by atoms with Gasteiger partial charge in [0.1, 0.15) is 5.75 Å². The number of rotatable bonds is 8. The molecule has 30 heavy (non-hydrogen) atoms. The highest BCUT2D eigenvalue weighted by atomic mass is 33.1. The molecule has 0 aliphatic carbocycles. The molecule has 0 bridgehead atoms. The lowest BCUT2D eigenvalue weighted by Crippen LogP contribution is -2.25. The van der Waals surface area contributed by atoms with Crippen molar-refractivity contribution in [1.82, 2.24) is 5.32 Å². The van der Waals surface area contributed by atoms with E-state index in [0.29, 0.717) is 29.0 Å². The van der Waals surface area contributed by atoms with Gasteiger partial charge in [-0.15, -0.1) is 0 Å². The molecule has 0 aliphatic heterocycles. The van der Waals surface area contributed by atoms with Gasteiger partial charge in [0.25, 0.3) is 5.91 Å². The molecule has 0 saturated carbocycles. The van der Waals surface area contributed by atoms with Gasteiger partial charge < -0.3 is 20.6 Å². The average Bonchev–Trinajstić information content (AvgIpc) is 2.66. The number of carboxylic acid groups (broad SMARTS) is 2. The van der Waals surface area contributed by atoms with E-state index in [2.05, 4.69) is 5.32 Å². The highest BCUT2D eigenvalue weighted by Gasteiger charge is 2.38. The number of hydrogen-bond acceptors (Lipinski definition) is 6. The Kier molecular flexibility index (Phi) is 10.3. The van der Waals surface area contributed by atoms with E-state index in [1.807, 2.05) is 6.07 Å². The normalized spacial score (nSPS) is 10.8. The number of halogens is 3. The number of amides is 1. The van der Waals surface area contributed by atoms with E-state index in [1.165, 1.54) is 21.6 Å². The molecule has 4 N–H and O–H groups in total. The summed E-state index contributed by atoms with van der Waals surface area (Å²) in [7, 11) is 3.02. The summed E-state index contributed by atoms with van der Waals surface area (Å²) in [6.07, 6.45) is -4.94. The topological polar surface area (TPSA) is 124 Å². The van der Waals surface area contributed by atoms with Crippen LogP contribution in [-0.4, -0.2) is 57.4 Å². The molecular formula is C18H18F3NO6S2. The third kappa shape index (κ3) is 9.27. The molecule has 0 unspecified atom stereocenters. The Morgan fingerprint density at radius 2 is 1.63 bits per heavy atom. The van der Waals surface area contributed by atoms with E-state index in [1.54, 1.807) is 30.3 Å². The van der Waals surface area contributed by atoms with E-state index in [4.69, 9.17) is 15.0 Å². The smallest absolute Gasteiger partial charge is 0.490 e. The highest BCUT2D eigenvalue weighted by molar-refractivity contribution is 8.76. The number of carbonyl (C=O) groups is 3. The molecule has 0 heterocycles. The summed E-state index contributed by atoms with van der Waals surface area (Å²) in [4.78, 5) is 31.3. The first kappa shape index (κ1) is 25.4. The molecule has 2 aromatic rings. The Morgan fingerprint density at radius 3 is 2.23 bits per heavy atom. The minimum atomic E-state index is -5.08. The van der Waals surface area contributed by atoms with Gasteiger partial charge in [-0.3, -0.25) is 9.59 Å². The number of carboxylic acids is 2. The molecule has 2 rings (SSSR count). The maximum absolute atomic E-state index is 12.1. The van der Waals surface area contributed by atoms with Crippen molar-refractivity contribution in [3.63, 3.8) is 0 Å². The number of aromatic hydroxyl groups is 1. The number of nitrogens with one attached hydrogen (secondary N) is 1. The van der Waals surface area contributed by atoms with Gasteiger partial charge in [0.2, 0.25) is 0 Å². The van der Waals surface area contributed by atoms with Crippen molar-refractivity contribution in [2.24, 2.45) is 0 Å². The van der Waals surface area contributed by atoms with Gasteiger partial charge in [0.15, 0.2) is 0 Å². The van der Waals surface area contributed by atoms with Crippen LogP contribution >= 0.6 is 21.6 Å². The van der Waals surface area contributed by atoms with Crippen molar-refractivity contribution in [2.45, 2.75) is 12.6 Å². The van der Waals surface area contributed by atoms with Gasteiger partial charge >= 0.3 is 18.1 Å². The summed E-state index contributed by atoms with van der Waals surface area (Å²) in [6.45, 7) is 0.502. The molecular weight excluding hydrogens is 447 g/mol. The Hall–Kier alpha value is -2.60. The number of carbonyl (C=O) groups excluding carboxylic acids is 1. The fourth-order valence-electron chi connectivity index (χ4n) is 1.95. The van der Waals surface area contributed by atoms with Gasteiger partial charge in [0.05, 0.1) is 6.42 Å². The average molecular weight is 465 g/mol. The summed E-state index contributed by atoms with van der Waals surface area (Å²) in [5, 5.41) is 29.8. The largest absolute Gasteiger partial charge is 0.507 e. The molecule has 2 aromatic carbocycles. The molecule has 0 aromatic heterocycles. The monoisotopic (exact) mass is 465 g/mol. The van der Waals surface area contributed by atoms with E-state index in [0.717, 1.165) is 5.39 Å². The summed E-state index contributed by atoms with van der Waals surface area (Å²) in [5.74, 6) is -2.33. The summed E-state index contributed by atoms with van der Waals surface area (Å²) in [6, 6.07) is 10.4. The lowest BCUT2D eigenvalue weighted by atomic mass is 10.1. The number of benzene rings is 2. The Bertz CT molecular complexity index is 892. The zero-order valence-electron chi connectivity index (χ0n) is 15.3. The zero-order valence-corrected chi connectivity index (χ0v) is 16.9. The number of fused-ring (bicyclic) bond motifs is 1. The van der Waals surface area contributed by atoms with E-state index < -0.39 is 18.1 Å². The molecule has 0 radical (unpaired) electrons. The molecule has 0 fully saturated rings. The van der Waals surface area contributed by atoms with Gasteiger partial charge in [0, 0.05) is 29.0 Å². The number of phenolic OH excluding ortho intramolecular Hbond substituents is 1. The molecule has 0 aliphatic rings. The molecule has 0 saturated heterocycles. The second-order valence-corrected chi connectivity index (χ2v) is 8.26. The Labute approximate surface area is 177 Å². The van der Waals surface area contributed by atoms with Crippen LogP contribution in [0.4, 0.5) is 13.2 Å². The molecule has 0 atom stereocenters. The first-order chi connectivity index (χ1) is 14.0. The maximum atomic E-state index is 12.1. The lowest BCUT2D eigenvalue weighted by molar-refractivity contribution is -0.192. The minimum absolute atomic E-state index is 0.143. The predicted molar refractivity (Wildman–Crippen MR) is 109 cm³/mol. The first-order valence-corrected chi connectivity index (χ1v) is 10.8. The van der Waals surface area contributed by atoms with Gasteiger partial charge in [-0.05, 0) is 23.6 Å². The van der Waals surface area contributed by atoms with Crippen LogP contribution in [0.25, 0.3) is 10.8 Å². The molecule has 164 valence electrons. The zero-order chi connectivity index (χ0) is 22.7. The van der Waals surface area contributed by atoms with Crippen LogP contribution in [0.3, 0.4) is 0 Å². The van der Waals surface area contributed by atoms with E-state index in [9.17, 15) is 27.9 Å². The van der Waals surface area contributed by atoms with Gasteiger partial charge in [-0.2, -0.15) is 13.2 Å². The molecule has 1 amide bonds. The molecule has 12 heteroatoms. The second kappa shape index (κ2) is 12.2. The summed E-state index contributed by atoms with van der Waals surface area (Å²) in [5.41, 5.74) is 0.502. The van der Waals surface area contributed by atoms with E-state index in [-0.39, 0.29) is 18.1 Å². The van der Waals surface area contributed by atoms with Crippen LogP contribution in [0.1, 0.15) is 16.8 Å². The summed E-state index contributed by atoms with van der Waals surface area (Å²) >= 11 is 0. The van der Waals surface area contributed by atoms with Crippen molar-refractivity contribution < 1.29 is 42.9 Å². The highest BCUT2D eigenvalue weighted by Crippen LogP contribution is 2.25. The van der Waals surface area contributed by atoms with Crippen LogP contribution in [0.15, 0.2) is 36.4 Å². The third-order valence-corrected chi connectivity index (χ3v) is 5.73. The SMILES string of the molecule is O=C(O)C(F)(F)F.O=C(O)CCSSCCNC(=O)c1ccc2cccc(O)c2c1. The van der Waals surface area contributed by atoms with Crippen molar-refractivity contribution in [3.8, 4) is 5.75 Å². The fourth-order valence-corrected chi connectivity index (χ4v) is 3.84. The lowest BCUT2D eigenvalue weighted by Gasteiger charge is -2.07. The minimum Gasteiger partial charge on any atom is -0.507 e. The van der Waals surface area contributed by atoms with Crippen molar-refractivity contribution in [3.05, 3.63) is 42.0 Å². The second-order valence-electron chi connectivity index (χ2n) is 5.56. The number of phenols is 1. The summed E-state index contributed by atoms with van der Waals surface area (Å²) < 4.78 is 31.7. The number of aliphatic carboxylic acids is 2. The molecule has 7 nitrogen and oxygen atoms in total. The predicted octanol–water partition coefficient (Wildman–Crippen LogP) is 3.76. The Balaban J connectivity index is 0.000000553. The van der Waals surface area contributed by atoms with Gasteiger partial charge in [-0.1, -0.05) is 39.8 Å². The Morgan fingerprint density at radius 1 is 1.00 bits per heavy atom. The van der Waals surface area contributed by atoms with Crippen LogP contribution in [-0.2, 0) is 9.59 Å². The number of hydrogen-bond donors (Lipinski definition) is 4. The van der Waals surface area contributed by atoms with Crippen LogP contribution in [0.5, 0.6) is 5.75 Å². The van der Waals surface area contributed by atoms with Gasteiger partial charge in [-0.25, -0.2) is 4.79 Å². The van der Waals surface area contributed by atoms with Crippen molar-refractivity contribution >= 4 is 50.2 Å². The number of alkyl halides is 3. The standard InChI is InChI=1S/C16H17NO4S2.C2HF3O2/c18-14-3-1-2-11-4-5-12(10-13(11)14)16(21)17-7-9-23-22-8-6-15(19)20;3-2(4,5)1(6)7/h1-5,10,18H,6-9H2,(H,17,21)(H,19,20);(H,6,7). The van der Waals surface area contributed by atoms with Crippen LogP contribution in [0, 0.1) is 0 Å². The van der Waals surface area contributed by atoms with Crippen molar-refractivity contribution in [2.75, 3.05) is 18.1 Å². The van der Waals surface area contributed by atoms with E-state index >= 15 is 0 Å². The van der Waals surface area contributed by atoms with Crippen LogP contribution in [0.2, 0.25) is 0 Å². The quantitative estimate of drug-likeness (QED) is 0.343. The fraction of sp³-hybridized carbons (Fsp3) is 0.278. The maximum Gasteiger partial charge on any atom is 0.490 e. The molecule has 0 spiro atoms.